The van der Waals surface area contributed by atoms with Crippen LogP contribution in [0.15, 0.2) is 48.1 Å². The Hall–Kier alpha value is -2.73. The van der Waals surface area contributed by atoms with Gasteiger partial charge >= 0.3 is 0 Å². The smallest absolute Gasteiger partial charge is 0.230 e. The maximum Gasteiger partial charge on any atom is 0.230 e. The topological polar surface area (TPSA) is 64.1 Å². The number of amides is 1. The molecule has 0 atom stereocenters. The number of aryl methyl sites for hydroxylation is 1. The van der Waals surface area contributed by atoms with Gasteiger partial charge in [0, 0.05) is 29.0 Å². The highest BCUT2D eigenvalue weighted by Gasteiger charge is 2.11. The maximum absolute atomic E-state index is 12.3. The van der Waals surface area contributed by atoms with Gasteiger partial charge in [-0.05, 0) is 49.2 Å². The van der Waals surface area contributed by atoms with Gasteiger partial charge in [0.05, 0.1) is 18.7 Å². The highest BCUT2D eigenvalue weighted by atomic mass is 32.1. The van der Waals surface area contributed by atoms with Crippen molar-refractivity contribution in [2.75, 3.05) is 11.9 Å². The zero-order chi connectivity index (χ0) is 18.4. The number of carbonyl (C=O) groups excluding carboxylic acids is 1. The molecule has 26 heavy (non-hydrogen) atoms. The number of nitrogens with one attached hydrogen (secondary N) is 1. The summed E-state index contributed by atoms with van der Waals surface area (Å²) in [5, 5.41) is 5.73. The van der Waals surface area contributed by atoms with E-state index in [-0.39, 0.29) is 12.3 Å². The molecule has 3 aromatic rings. The van der Waals surface area contributed by atoms with Gasteiger partial charge in [0.2, 0.25) is 5.91 Å². The summed E-state index contributed by atoms with van der Waals surface area (Å²) in [4.78, 5) is 21.0. The molecule has 5 nitrogen and oxygen atoms in total. The SMILES string of the molecule is CCCOc1ccc(NC(=O)Cc2csc(-c3cccnc3)n2)c(C)c1. The number of ether oxygens (including phenoxy) is 1. The molecule has 0 aliphatic heterocycles. The molecule has 3 rings (SSSR count). The van der Waals surface area contributed by atoms with Crippen molar-refractivity contribution in [1.29, 1.82) is 0 Å². The number of pyridine rings is 1. The van der Waals surface area contributed by atoms with Crippen molar-refractivity contribution in [2.24, 2.45) is 0 Å². The molecular formula is C20H21N3O2S. The predicted molar refractivity (Wildman–Crippen MR) is 105 cm³/mol. The highest BCUT2D eigenvalue weighted by Crippen LogP contribution is 2.24. The van der Waals surface area contributed by atoms with Crippen LogP contribution in [0, 0.1) is 6.92 Å². The Balaban J connectivity index is 1.62. The molecule has 0 spiro atoms. The van der Waals surface area contributed by atoms with Crippen LogP contribution in [0.3, 0.4) is 0 Å². The Morgan fingerprint density at radius 2 is 2.19 bits per heavy atom. The van der Waals surface area contributed by atoms with Crippen LogP contribution in [-0.4, -0.2) is 22.5 Å². The lowest BCUT2D eigenvalue weighted by Crippen LogP contribution is -2.15. The number of thiazole rings is 1. The van der Waals surface area contributed by atoms with E-state index >= 15 is 0 Å². The predicted octanol–water partition coefficient (Wildman–Crippen LogP) is 4.48. The minimum absolute atomic E-state index is 0.0848. The fourth-order valence-corrected chi connectivity index (χ4v) is 3.27. The van der Waals surface area contributed by atoms with Gasteiger partial charge in [-0.3, -0.25) is 9.78 Å². The normalized spacial score (nSPS) is 10.5. The third kappa shape index (κ3) is 4.67. The number of nitrogens with zero attached hydrogens (tertiary/aromatic N) is 2. The lowest BCUT2D eigenvalue weighted by Gasteiger charge is -2.10. The Kier molecular flexibility index (Phi) is 5.96. The van der Waals surface area contributed by atoms with E-state index in [2.05, 4.69) is 22.2 Å². The minimum atomic E-state index is -0.0848. The van der Waals surface area contributed by atoms with Crippen molar-refractivity contribution < 1.29 is 9.53 Å². The van der Waals surface area contributed by atoms with Gasteiger partial charge in [0.1, 0.15) is 10.8 Å². The lowest BCUT2D eigenvalue weighted by atomic mass is 10.2. The first-order chi connectivity index (χ1) is 12.7. The number of carbonyl (C=O) groups is 1. The molecule has 0 aliphatic rings. The van der Waals surface area contributed by atoms with E-state index in [0.717, 1.165) is 39.7 Å². The second-order valence-corrected chi connectivity index (χ2v) is 6.79. The number of hydrogen-bond donors (Lipinski definition) is 1. The summed E-state index contributed by atoms with van der Waals surface area (Å²) >= 11 is 1.52. The van der Waals surface area contributed by atoms with Crippen LogP contribution >= 0.6 is 11.3 Å². The third-order valence-electron chi connectivity index (χ3n) is 3.75. The van der Waals surface area contributed by atoms with E-state index in [1.54, 1.807) is 12.4 Å². The number of benzene rings is 1. The zero-order valence-corrected chi connectivity index (χ0v) is 15.7. The van der Waals surface area contributed by atoms with Gasteiger partial charge in [-0.1, -0.05) is 6.92 Å². The molecule has 6 heteroatoms. The largest absolute Gasteiger partial charge is 0.494 e. The molecule has 0 saturated carbocycles. The summed E-state index contributed by atoms with van der Waals surface area (Å²) in [7, 11) is 0. The number of aromatic nitrogens is 2. The van der Waals surface area contributed by atoms with Crippen molar-refractivity contribution in [2.45, 2.75) is 26.7 Å². The summed E-state index contributed by atoms with van der Waals surface area (Å²) < 4.78 is 5.61. The van der Waals surface area contributed by atoms with Gasteiger partial charge in [-0.25, -0.2) is 4.98 Å². The summed E-state index contributed by atoms with van der Waals surface area (Å²) in [5.41, 5.74) is 3.48. The molecule has 2 aromatic heterocycles. The van der Waals surface area contributed by atoms with E-state index in [1.165, 1.54) is 11.3 Å². The quantitative estimate of drug-likeness (QED) is 0.668. The molecule has 0 saturated heterocycles. The summed E-state index contributed by atoms with van der Waals surface area (Å²) in [6, 6.07) is 9.53. The molecule has 1 aromatic carbocycles. The van der Waals surface area contributed by atoms with Gasteiger partial charge in [0.25, 0.3) is 0 Å². The van der Waals surface area contributed by atoms with E-state index in [0.29, 0.717) is 6.61 Å². The number of hydrogen-bond acceptors (Lipinski definition) is 5. The second-order valence-electron chi connectivity index (χ2n) is 5.94. The first-order valence-electron chi connectivity index (χ1n) is 8.54. The molecule has 0 radical (unpaired) electrons. The van der Waals surface area contributed by atoms with Crippen molar-refractivity contribution in [1.82, 2.24) is 9.97 Å². The minimum Gasteiger partial charge on any atom is -0.494 e. The standard InChI is InChI=1S/C20H21N3O2S/c1-3-9-25-17-6-7-18(14(2)10-17)23-19(24)11-16-13-26-20(22-16)15-5-4-8-21-12-15/h4-8,10,12-13H,3,9,11H2,1-2H3,(H,23,24). The second kappa shape index (κ2) is 8.58. The Bertz CT molecular complexity index is 878. The molecule has 0 bridgehead atoms. The number of rotatable bonds is 7. The molecule has 0 unspecified atom stereocenters. The van der Waals surface area contributed by atoms with Crippen LogP contribution in [0.2, 0.25) is 0 Å². The van der Waals surface area contributed by atoms with Crippen molar-refractivity contribution >= 4 is 22.9 Å². The van der Waals surface area contributed by atoms with Crippen molar-refractivity contribution in [3.05, 3.63) is 59.4 Å². The average molecular weight is 367 g/mol. The van der Waals surface area contributed by atoms with Crippen LogP contribution in [0.4, 0.5) is 5.69 Å². The summed E-state index contributed by atoms with van der Waals surface area (Å²) in [6.07, 6.45) is 4.71. The fraction of sp³-hybridized carbons (Fsp3) is 0.250. The fourth-order valence-electron chi connectivity index (χ4n) is 2.46. The first-order valence-corrected chi connectivity index (χ1v) is 9.41. The molecule has 1 amide bonds. The number of anilines is 1. The van der Waals surface area contributed by atoms with Gasteiger partial charge in [-0.2, -0.15) is 0 Å². The maximum atomic E-state index is 12.3. The van der Waals surface area contributed by atoms with E-state index in [4.69, 9.17) is 4.74 Å². The van der Waals surface area contributed by atoms with Gasteiger partial charge in [-0.15, -0.1) is 11.3 Å². The van der Waals surface area contributed by atoms with Crippen LogP contribution < -0.4 is 10.1 Å². The highest BCUT2D eigenvalue weighted by molar-refractivity contribution is 7.13. The summed E-state index contributed by atoms with van der Waals surface area (Å²) in [6.45, 7) is 4.71. The third-order valence-corrected chi connectivity index (χ3v) is 4.69. The molecule has 1 N–H and O–H groups in total. The molecule has 2 heterocycles. The van der Waals surface area contributed by atoms with Gasteiger partial charge < -0.3 is 10.1 Å². The van der Waals surface area contributed by atoms with Crippen LogP contribution in [0.25, 0.3) is 10.6 Å². The zero-order valence-electron chi connectivity index (χ0n) is 14.9. The van der Waals surface area contributed by atoms with Crippen LogP contribution in [0.5, 0.6) is 5.75 Å². The van der Waals surface area contributed by atoms with E-state index < -0.39 is 0 Å². The van der Waals surface area contributed by atoms with Crippen molar-refractivity contribution in [3.63, 3.8) is 0 Å². The molecule has 134 valence electrons. The Labute approximate surface area is 157 Å². The monoisotopic (exact) mass is 367 g/mol. The van der Waals surface area contributed by atoms with Gasteiger partial charge in [0.15, 0.2) is 0 Å². The first kappa shape index (κ1) is 18.1. The van der Waals surface area contributed by atoms with Crippen LogP contribution in [-0.2, 0) is 11.2 Å². The van der Waals surface area contributed by atoms with E-state index in [9.17, 15) is 4.79 Å². The Morgan fingerprint density at radius 3 is 2.92 bits per heavy atom. The van der Waals surface area contributed by atoms with Crippen LogP contribution in [0.1, 0.15) is 24.6 Å². The lowest BCUT2D eigenvalue weighted by molar-refractivity contribution is -0.115. The molecule has 0 aliphatic carbocycles. The summed E-state index contributed by atoms with van der Waals surface area (Å²) in [5.74, 6) is 0.737. The average Bonchev–Trinajstić information content (AvgIpc) is 3.11. The Morgan fingerprint density at radius 1 is 1.31 bits per heavy atom. The van der Waals surface area contributed by atoms with E-state index in [1.807, 2.05) is 42.6 Å². The van der Waals surface area contributed by atoms with Crippen molar-refractivity contribution in [3.8, 4) is 16.3 Å². The molecular weight excluding hydrogens is 346 g/mol. The molecule has 0 fully saturated rings.